The molecule has 0 aromatic carbocycles. The average Bonchev–Trinajstić information content (AvgIpc) is 2.02. The summed E-state index contributed by atoms with van der Waals surface area (Å²) in [6.45, 7) is 8.97. The van der Waals surface area contributed by atoms with Crippen molar-refractivity contribution >= 4 is 22.6 Å². The van der Waals surface area contributed by atoms with Crippen LogP contribution in [0.1, 0.15) is 39.2 Å². The van der Waals surface area contributed by atoms with Gasteiger partial charge in [-0.3, -0.25) is 0 Å². The second kappa shape index (κ2) is 3.90. The van der Waals surface area contributed by atoms with E-state index in [1.165, 1.54) is 9.13 Å². The van der Waals surface area contributed by atoms with Gasteiger partial charge in [0.05, 0.1) is 12.4 Å². The number of halogens is 1. The van der Waals surface area contributed by atoms with Gasteiger partial charge in [-0.2, -0.15) is 10.2 Å². The Morgan fingerprint density at radius 1 is 1.23 bits per heavy atom. The van der Waals surface area contributed by atoms with E-state index >= 15 is 0 Å². The SMILES string of the molecule is CC(c1cnncc1I)C(C)(C)C. The van der Waals surface area contributed by atoms with Crippen molar-refractivity contribution in [3.63, 3.8) is 0 Å². The van der Waals surface area contributed by atoms with Gasteiger partial charge in [0.2, 0.25) is 0 Å². The molecule has 1 aromatic rings. The third kappa shape index (κ3) is 2.62. The van der Waals surface area contributed by atoms with Crippen molar-refractivity contribution < 1.29 is 0 Å². The minimum atomic E-state index is 0.281. The van der Waals surface area contributed by atoms with Gasteiger partial charge in [-0.15, -0.1) is 0 Å². The van der Waals surface area contributed by atoms with E-state index in [0.717, 1.165) is 0 Å². The first-order chi connectivity index (χ1) is 5.93. The predicted molar refractivity (Wildman–Crippen MR) is 62.6 cm³/mol. The van der Waals surface area contributed by atoms with Gasteiger partial charge in [0, 0.05) is 3.57 Å². The molecule has 1 unspecified atom stereocenters. The fraction of sp³-hybridized carbons (Fsp3) is 0.600. The minimum absolute atomic E-state index is 0.281. The number of rotatable bonds is 1. The monoisotopic (exact) mass is 290 g/mol. The van der Waals surface area contributed by atoms with Crippen molar-refractivity contribution in [3.05, 3.63) is 21.5 Å². The fourth-order valence-corrected chi connectivity index (χ4v) is 1.83. The van der Waals surface area contributed by atoms with Crippen molar-refractivity contribution in [2.24, 2.45) is 5.41 Å². The summed E-state index contributed by atoms with van der Waals surface area (Å²) in [7, 11) is 0. The summed E-state index contributed by atoms with van der Waals surface area (Å²) in [5, 5.41) is 7.78. The van der Waals surface area contributed by atoms with Crippen LogP contribution in [-0.2, 0) is 0 Å². The summed E-state index contributed by atoms with van der Waals surface area (Å²) in [6.07, 6.45) is 3.69. The van der Waals surface area contributed by atoms with Crippen molar-refractivity contribution in [2.45, 2.75) is 33.6 Å². The maximum Gasteiger partial charge on any atom is 0.0632 e. The second-order valence-corrected chi connectivity index (χ2v) is 5.54. The molecule has 1 heterocycles. The normalized spacial score (nSPS) is 14.2. The minimum Gasteiger partial charge on any atom is -0.159 e. The molecule has 0 aliphatic heterocycles. The lowest BCUT2D eigenvalue weighted by Gasteiger charge is -2.27. The topological polar surface area (TPSA) is 25.8 Å². The Bertz CT molecular complexity index is 291. The average molecular weight is 290 g/mol. The Kier molecular flexibility index (Phi) is 3.27. The fourth-order valence-electron chi connectivity index (χ4n) is 1.10. The van der Waals surface area contributed by atoms with Crippen molar-refractivity contribution in [1.29, 1.82) is 0 Å². The van der Waals surface area contributed by atoms with Crippen LogP contribution in [0.25, 0.3) is 0 Å². The van der Waals surface area contributed by atoms with Gasteiger partial charge in [-0.25, -0.2) is 0 Å². The quantitative estimate of drug-likeness (QED) is 0.742. The molecule has 1 rings (SSSR count). The predicted octanol–water partition coefficient (Wildman–Crippen LogP) is 3.23. The molecule has 1 aromatic heterocycles. The lowest BCUT2D eigenvalue weighted by Crippen LogP contribution is -2.16. The first kappa shape index (κ1) is 10.9. The van der Waals surface area contributed by atoms with E-state index < -0.39 is 0 Å². The molecule has 0 aliphatic carbocycles. The van der Waals surface area contributed by atoms with Crippen LogP contribution in [0.2, 0.25) is 0 Å². The van der Waals surface area contributed by atoms with Gasteiger partial charge in [-0.1, -0.05) is 27.7 Å². The van der Waals surface area contributed by atoms with E-state index in [0.29, 0.717) is 5.92 Å². The van der Waals surface area contributed by atoms with E-state index in [-0.39, 0.29) is 5.41 Å². The summed E-state index contributed by atoms with van der Waals surface area (Å²) in [4.78, 5) is 0. The van der Waals surface area contributed by atoms with Gasteiger partial charge in [0.25, 0.3) is 0 Å². The molecular weight excluding hydrogens is 275 g/mol. The third-order valence-electron chi connectivity index (χ3n) is 2.48. The molecule has 0 bridgehead atoms. The first-order valence-electron chi connectivity index (χ1n) is 4.39. The Balaban J connectivity index is 3.02. The highest BCUT2D eigenvalue weighted by molar-refractivity contribution is 14.1. The molecule has 3 heteroatoms. The molecule has 0 aliphatic rings. The number of aromatic nitrogens is 2. The van der Waals surface area contributed by atoms with Crippen LogP contribution in [0.4, 0.5) is 0 Å². The number of hydrogen-bond donors (Lipinski definition) is 0. The van der Waals surface area contributed by atoms with Crippen LogP contribution in [0, 0.1) is 8.99 Å². The lowest BCUT2D eigenvalue weighted by atomic mass is 9.78. The Morgan fingerprint density at radius 2 is 1.77 bits per heavy atom. The van der Waals surface area contributed by atoms with Crippen molar-refractivity contribution in [2.75, 3.05) is 0 Å². The zero-order valence-corrected chi connectivity index (χ0v) is 10.7. The summed E-state index contributed by atoms with van der Waals surface area (Å²) in [6, 6.07) is 0. The Hall–Kier alpha value is -0.190. The van der Waals surface area contributed by atoms with Gasteiger partial charge < -0.3 is 0 Å². The molecule has 0 N–H and O–H groups in total. The second-order valence-electron chi connectivity index (χ2n) is 4.38. The van der Waals surface area contributed by atoms with Gasteiger partial charge in [0.1, 0.15) is 0 Å². The number of hydrogen-bond acceptors (Lipinski definition) is 2. The molecule has 72 valence electrons. The van der Waals surface area contributed by atoms with E-state index in [1.54, 1.807) is 0 Å². The summed E-state index contributed by atoms with van der Waals surface area (Å²) in [5.41, 5.74) is 1.58. The highest BCUT2D eigenvalue weighted by atomic mass is 127. The largest absolute Gasteiger partial charge is 0.159 e. The molecule has 0 spiro atoms. The smallest absolute Gasteiger partial charge is 0.0632 e. The molecule has 0 amide bonds. The Morgan fingerprint density at radius 3 is 2.23 bits per heavy atom. The summed E-state index contributed by atoms with van der Waals surface area (Å²) < 4.78 is 1.20. The van der Waals surface area contributed by atoms with Gasteiger partial charge >= 0.3 is 0 Å². The van der Waals surface area contributed by atoms with E-state index in [2.05, 4.69) is 60.5 Å². The van der Waals surface area contributed by atoms with E-state index in [1.807, 2.05) is 12.4 Å². The molecule has 0 saturated heterocycles. The van der Waals surface area contributed by atoms with Gasteiger partial charge in [-0.05, 0) is 39.5 Å². The van der Waals surface area contributed by atoms with E-state index in [4.69, 9.17) is 0 Å². The maximum absolute atomic E-state index is 3.93. The maximum atomic E-state index is 3.93. The van der Waals surface area contributed by atoms with Crippen molar-refractivity contribution in [3.8, 4) is 0 Å². The summed E-state index contributed by atoms with van der Waals surface area (Å²) >= 11 is 2.31. The van der Waals surface area contributed by atoms with Crippen LogP contribution in [0.15, 0.2) is 12.4 Å². The van der Waals surface area contributed by atoms with E-state index in [9.17, 15) is 0 Å². The van der Waals surface area contributed by atoms with Crippen LogP contribution < -0.4 is 0 Å². The van der Waals surface area contributed by atoms with Crippen LogP contribution >= 0.6 is 22.6 Å². The van der Waals surface area contributed by atoms with Crippen LogP contribution in [0.5, 0.6) is 0 Å². The lowest BCUT2D eigenvalue weighted by molar-refractivity contribution is 0.337. The molecule has 0 fully saturated rings. The van der Waals surface area contributed by atoms with Crippen molar-refractivity contribution in [1.82, 2.24) is 10.2 Å². The zero-order valence-electron chi connectivity index (χ0n) is 8.50. The standard InChI is InChI=1S/C10H15IN2/c1-7(10(2,3)4)8-5-12-13-6-9(8)11/h5-7H,1-4H3. The third-order valence-corrected chi connectivity index (χ3v) is 3.38. The summed E-state index contributed by atoms with van der Waals surface area (Å²) in [5.74, 6) is 0.509. The molecular formula is C10H15IN2. The zero-order chi connectivity index (χ0) is 10.1. The molecule has 2 nitrogen and oxygen atoms in total. The van der Waals surface area contributed by atoms with Crippen LogP contribution in [0.3, 0.4) is 0 Å². The molecule has 0 saturated carbocycles. The Labute approximate surface area is 93.3 Å². The molecule has 13 heavy (non-hydrogen) atoms. The first-order valence-corrected chi connectivity index (χ1v) is 5.47. The molecule has 1 atom stereocenters. The molecule has 0 radical (unpaired) electrons. The van der Waals surface area contributed by atoms with Crippen LogP contribution in [-0.4, -0.2) is 10.2 Å². The van der Waals surface area contributed by atoms with Gasteiger partial charge in [0.15, 0.2) is 0 Å². The number of nitrogens with zero attached hydrogens (tertiary/aromatic N) is 2. The highest BCUT2D eigenvalue weighted by Crippen LogP contribution is 2.35. The highest BCUT2D eigenvalue weighted by Gasteiger charge is 2.23.